The molecule has 1 amide bonds. The van der Waals surface area contributed by atoms with Crippen LogP contribution in [0.3, 0.4) is 0 Å². The zero-order valence-electron chi connectivity index (χ0n) is 17.3. The molecule has 1 heterocycles. The minimum Gasteiger partial charge on any atom is -0.370 e. The Labute approximate surface area is 208 Å². The second kappa shape index (κ2) is 12.2. The molecule has 0 saturated carbocycles. The second-order valence-corrected chi connectivity index (χ2v) is 9.13. The van der Waals surface area contributed by atoms with E-state index >= 15 is 0 Å². The molecule has 0 atom stereocenters. The summed E-state index contributed by atoms with van der Waals surface area (Å²) in [7, 11) is 2.90. The number of ether oxygens (including phenoxy) is 2. The third kappa shape index (κ3) is 7.16. The standard InChI is InChI=1S/C12H15FINO3.C10H9FIN/c1-17-12(18-2,6-5-11(15)16)9-7-8(13)3-4-10(9)14;11-7-3-4-9(12)8(6-7)10-2-1-5-13-10/h3-4,7H,5-6H2,1-2H3,(H2,15,16);3-4,6H,1-2,5H2. The fourth-order valence-corrected chi connectivity index (χ4v) is 4.59. The monoisotopic (exact) mass is 656 g/mol. The minimum absolute atomic E-state index is 0.0915. The van der Waals surface area contributed by atoms with Gasteiger partial charge < -0.3 is 15.2 Å². The van der Waals surface area contributed by atoms with Crippen molar-refractivity contribution in [2.75, 3.05) is 20.8 Å². The summed E-state index contributed by atoms with van der Waals surface area (Å²) in [5, 5.41) is 0. The highest BCUT2D eigenvalue weighted by atomic mass is 127. The van der Waals surface area contributed by atoms with E-state index in [1.165, 1.54) is 32.4 Å². The highest BCUT2D eigenvalue weighted by Gasteiger charge is 2.34. The largest absolute Gasteiger partial charge is 0.370 e. The Morgan fingerprint density at radius 3 is 2.26 bits per heavy atom. The number of methoxy groups -OCH3 is 2. The molecule has 31 heavy (non-hydrogen) atoms. The number of nitrogens with zero attached hydrogens (tertiary/aromatic N) is 1. The van der Waals surface area contributed by atoms with E-state index in [-0.39, 0.29) is 24.5 Å². The van der Waals surface area contributed by atoms with Crippen LogP contribution in [0.2, 0.25) is 0 Å². The maximum absolute atomic E-state index is 13.3. The van der Waals surface area contributed by atoms with E-state index in [9.17, 15) is 13.6 Å². The summed E-state index contributed by atoms with van der Waals surface area (Å²) in [6.45, 7) is 0.891. The number of hydrogen-bond acceptors (Lipinski definition) is 4. The van der Waals surface area contributed by atoms with Gasteiger partial charge in [0.15, 0.2) is 5.79 Å². The first kappa shape index (κ1) is 26.1. The zero-order chi connectivity index (χ0) is 23.0. The Morgan fingerprint density at radius 1 is 1.10 bits per heavy atom. The molecule has 5 nitrogen and oxygen atoms in total. The van der Waals surface area contributed by atoms with Crippen LogP contribution in [0.4, 0.5) is 8.78 Å². The maximum atomic E-state index is 13.3. The number of benzene rings is 2. The molecule has 3 rings (SSSR count). The summed E-state index contributed by atoms with van der Waals surface area (Å²) >= 11 is 4.28. The van der Waals surface area contributed by atoms with Crippen molar-refractivity contribution in [3.63, 3.8) is 0 Å². The fourth-order valence-electron chi connectivity index (χ4n) is 3.20. The summed E-state index contributed by atoms with van der Waals surface area (Å²) in [4.78, 5) is 15.2. The van der Waals surface area contributed by atoms with Crippen LogP contribution in [-0.4, -0.2) is 32.4 Å². The molecule has 2 aromatic rings. The van der Waals surface area contributed by atoms with Crippen molar-refractivity contribution >= 4 is 56.8 Å². The van der Waals surface area contributed by atoms with Crippen LogP contribution < -0.4 is 5.73 Å². The van der Waals surface area contributed by atoms with Crippen LogP contribution >= 0.6 is 45.2 Å². The second-order valence-electron chi connectivity index (χ2n) is 6.81. The Kier molecular flexibility index (Phi) is 10.2. The van der Waals surface area contributed by atoms with Crippen LogP contribution in [0.5, 0.6) is 0 Å². The molecule has 2 N–H and O–H groups in total. The number of amides is 1. The van der Waals surface area contributed by atoms with Crippen molar-refractivity contribution in [1.29, 1.82) is 0 Å². The molecule has 0 bridgehead atoms. The van der Waals surface area contributed by atoms with Gasteiger partial charge >= 0.3 is 0 Å². The molecule has 0 aromatic heterocycles. The molecule has 1 aliphatic heterocycles. The molecule has 0 saturated heterocycles. The summed E-state index contributed by atoms with van der Waals surface area (Å²) in [6.07, 6.45) is 2.41. The quantitative estimate of drug-likeness (QED) is 0.331. The van der Waals surface area contributed by atoms with Gasteiger partial charge in [0.1, 0.15) is 11.6 Å². The topological polar surface area (TPSA) is 73.9 Å². The summed E-state index contributed by atoms with van der Waals surface area (Å²) in [5.74, 6) is -2.18. The van der Waals surface area contributed by atoms with Gasteiger partial charge in [-0.05, 0) is 94.4 Å². The molecular formula is C22H24F2I2N2O3. The first-order valence-electron chi connectivity index (χ1n) is 9.55. The van der Waals surface area contributed by atoms with E-state index in [1.54, 1.807) is 18.2 Å². The number of carbonyl (C=O) groups is 1. The molecule has 2 aromatic carbocycles. The highest BCUT2D eigenvalue weighted by molar-refractivity contribution is 14.1. The number of primary amides is 1. The first-order valence-corrected chi connectivity index (χ1v) is 11.7. The maximum Gasteiger partial charge on any atom is 0.217 e. The predicted molar refractivity (Wildman–Crippen MR) is 133 cm³/mol. The highest BCUT2D eigenvalue weighted by Crippen LogP contribution is 2.34. The Balaban J connectivity index is 0.000000231. The van der Waals surface area contributed by atoms with E-state index in [0.717, 1.165) is 37.8 Å². The average Bonchev–Trinajstić information content (AvgIpc) is 3.28. The van der Waals surface area contributed by atoms with Gasteiger partial charge in [-0.2, -0.15) is 0 Å². The Morgan fingerprint density at radius 2 is 1.71 bits per heavy atom. The van der Waals surface area contributed by atoms with Crippen molar-refractivity contribution in [2.45, 2.75) is 31.5 Å². The Hall–Kier alpha value is -1.18. The van der Waals surface area contributed by atoms with Crippen molar-refractivity contribution in [3.05, 3.63) is 66.3 Å². The number of rotatable bonds is 7. The minimum atomic E-state index is -1.16. The third-order valence-electron chi connectivity index (χ3n) is 4.81. The van der Waals surface area contributed by atoms with Crippen molar-refractivity contribution in [3.8, 4) is 0 Å². The van der Waals surface area contributed by atoms with E-state index in [1.807, 2.05) is 0 Å². The number of carbonyl (C=O) groups excluding carboxylic acids is 1. The van der Waals surface area contributed by atoms with Crippen LogP contribution in [-0.2, 0) is 20.1 Å². The first-order chi connectivity index (χ1) is 14.7. The molecule has 9 heteroatoms. The lowest BCUT2D eigenvalue weighted by molar-refractivity contribution is -0.221. The molecule has 0 aliphatic carbocycles. The van der Waals surface area contributed by atoms with Crippen LogP contribution in [0.1, 0.15) is 36.8 Å². The number of aliphatic imine (C=N–C) groups is 1. The van der Waals surface area contributed by atoms with Crippen LogP contribution in [0, 0.1) is 18.8 Å². The number of nitrogens with two attached hydrogens (primary N) is 1. The fraction of sp³-hybridized carbons (Fsp3) is 0.364. The molecule has 1 aliphatic rings. The van der Waals surface area contributed by atoms with Crippen molar-refractivity contribution < 1.29 is 23.0 Å². The summed E-state index contributed by atoms with van der Waals surface area (Å²) in [6, 6.07) is 9.19. The molecule has 0 spiro atoms. The van der Waals surface area contributed by atoms with Gasteiger partial charge in [-0.1, -0.05) is 0 Å². The lowest BCUT2D eigenvalue weighted by atomic mass is 10.00. The SMILES string of the molecule is COC(CCC(N)=O)(OC)c1cc(F)ccc1I.Fc1ccc(I)c(C2=NCCC2)c1. The van der Waals surface area contributed by atoms with Crippen LogP contribution in [0.25, 0.3) is 0 Å². The van der Waals surface area contributed by atoms with Gasteiger partial charge in [-0.3, -0.25) is 9.79 Å². The molecule has 168 valence electrons. The van der Waals surface area contributed by atoms with E-state index < -0.39 is 11.7 Å². The molecule has 0 radical (unpaired) electrons. The number of halogens is 4. The van der Waals surface area contributed by atoms with E-state index in [2.05, 4.69) is 50.2 Å². The van der Waals surface area contributed by atoms with Gasteiger partial charge in [0.25, 0.3) is 0 Å². The predicted octanol–water partition coefficient (Wildman–Crippen LogP) is 5.15. The Bertz CT molecular complexity index is 950. The molecule has 0 unspecified atom stereocenters. The smallest absolute Gasteiger partial charge is 0.217 e. The molecule has 0 fully saturated rings. The van der Waals surface area contributed by atoms with Gasteiger partial charge in [0.05, 0.1) is 0 Å². The third-order valence-corrected chi connectivity index (χ3v) is 6.69. The average molecular weight is 656 g/mol. The lowest BCUT2D eigenvalue weighted by Gasteiger charge is -2.32. The van der Waals surface area contributed by atoms with Crippen molar-refractivity contribution in [1.82, 2.24) is 0 Å². The lowest BCUT2D eigenvalue weighted by Crippen LogP contribution is -2.33. The summed E-state index contributed by atoms with van der Waals surface area (Å²) in [5.41, 5.74) is 7.71. The zero-order valence-corrected chi connectivity index (χ0v) is 21.6. The van der Waals surface area contributed by atoms with E-state index in [0.29, 0.717) is 5.56 Å². The van der Waals surface area contributed by atoms with Gasteiger partial charge in [0.2, 0.25) is 5.91 Å². The van der Waals surface area contributed by atoms with Gasteiger partial charge in [-0.15, -0.1) is 0 Å². The number of hydrogen-bond donors (Lipinski definition) is 1. The van der Waals surface area contributed by atoms with Gasteiger partial charge in [-0.25, -0.2) is 8.78 Å². The normalized spacial score (nSPS) is 13.4. The summed E-state index contributed by atoms with van der Waals surface area (Å²) < 4.78 is 38.9. The van der Waals surface area contributed by atoms with Crippen molar-refractivity contribution in [2.24, 2.45) is 10.7 Å². The van der Waals surface area contributed by atoms with E-state index in [4.69, 9.17) is 15.2 Å². The molecular weight excluding hydrogens is 632 g/mol. The van der Waals surface area contributed by atoms with Crippen LogP contribution in [0.15, 0.2) is 41.4 Å². The van der Waals surface area contributed by atoms with Gasteiger partial charge in [0, 0.05) is 57.6 Å².